The summed E-state index contributed by atoms with van der Waals surface area (Å²) in [4.78, 5) is 22.6. The summed E-state index contributed by atoms with van der Waals surface area (Å²) < 4.78 is 0. The van der Waals surface area contributed by atoms with Gasteiger partial charge in [-0.15, -0.1) is 0 Å². The Morgan fingerprint density at radius 2 is 1.22 bits per heavy atom. The van der Waals surface area contributed by atoms with Crippen LogP contribution >= 0.6 is 21.6 Å². The van der Waals surface area contributed by atoms with E-state index in [0.717, 1.165) is 25.7 Å². The zero-order chi connectivity index (χ0) is 13.6. The normalized spacial score (nSPS) is 11.4. The molecule has 0 saturated carbocycles. The third-order valence-electron chi connectivity index (χ3n) is 2.23. The fraction of sp³-hybridized carbons (Fsp3) is 0.571. The molecule has 4 heteroatoms. The number of allylic oxidation sites excluding steroid dienone is 2. The maximum absolute atomic E-state index is 11.3. The van der Waals surface area contributed by atoms with E-state index in [1.165, 1.54) is 21.6 Å². The Morgan fingerprint density at radius 1 is 0.833 bits per heavy atom. The van der Waals surface area contributed by atoms with Crippen molar-refractivity contribution in [3.05, 3.63) is 23.0 Å². The van der Waals surface area contributed by atoms with Gasteiger partial charge in [0.2, 0.25) is 0 Å². The van der Waals surface area contributed by atoms with E-state index in [2.05, 4.69) is 13.8 Å². The van der Waals surface area contributed by atoms with Crippen molar-refractivity contribution in [1.82, 2.24) is 0 Å². The standard InChI is InChI=1S/C14H22O2S2/c1-3-5-7-13(15)9-11-17-18-12-10-14(16)8-6-4-2/h9-12H,3-8H2,1-2H3. The highest BCUT2D eigenvalue weighted by Gasteiger charge is 1.95. The van der Waals surface area contributed by atoms with E-state index in [9.17, 15) is 9.59 Å². The molecule has 0 aliphatic rings. The van der Waals surface area contributed by atoms with Crippen LogP contribution in [0, 0.1) is 0 Å². The molecule has 102 valence electrons. The molecule has 0 bridgehead atoms. The molecule has 2 nitrogen and oxygen atoms in total. The van der Waals surface area contributed by atoms with Crippen molar-refractivity contribution in [1.29, 1.82) is 0 Å². The minimum Gasteiger partial charge on any atom is -0.295 e. The second kappa shape index (κ2) is 13.0. The lowest BCUT2D eigenvalue weighted by atomic mass is 10.2. The molecular formula is C14H22O2S2. The summed E-state index contributed by atoms with van der Waals surface area (Å²) in [5, 5.41) is 3.56. The van der Waals surface area contributed by atoms with Crippen LogP contribution in [0.2, 0.25) is 0 Å². The highest BCUT2D eigenvalue weighted by molar-refractivity contribution is 8.78. The smallest absolute Gasteiger partial charge is 0.156 e. The first-order valence-corrected chi connectivity index (χ1v) is 8.69. The van der Waals surface area contributed by atoms with Crippen LogP contribution in [0.25, 0.3) is 0 Å². The quantitative estimate of drug-likeness (QED) is 0.307. The van der Waals surface area contributed by atoms with E-state index >= 15 is 0 Å². The first-order chi connectivity index (χ1) is 8.70. The summed E-state index contributed by atoms with van der Waals surface area (Å²) >= 11 is 0. The van der Waals surface area contributed by atoms with Gasteiger partial charge in [-0.2, -0.15) is 0 Å². The number of carbonyl (C=O) groups excluding carboxylic acids is 2. The Bertz CT molecular complexity index is 266. The van der Waals surface area contributed by atoms with Gasteiger partial charge in [0.1, 0.15) is 0 Å². The molecule has 0 atom stereocenters. The summed E-state index contributed by atoms with van der Waals surface area (Å²) in [5.74, 6) is 0.348. The number of rotatable bonds is 11. The van der Waals surface area contributed by atoms with Crippen LogP contribution in [0.15, 0.2) is 23.0 Å². The third kappa shape index (κ3) is 12.0. The summed E-state index contributed by atoms with van der Waals surface area (Å²) in [7, 11) is 2.91. The van der Waals surface area contributed by atoms with Gasteiger partial charge < -0.3 is 0 Å². The van der Waals surface area contributed by atoms with E-state index < -0.39 is 0 Å². The van der Waals surface area contributed by atoms with Gasteiger partial charge in [0.25, 0.3) is 0 Å². The maximum Gasteiger partial charge on any atom is 0.156 e. The average molecular weight is 286 g/mol. The Kier molecular flexibility index (Phi) is 12.6. The van der Waals surface area contributed by atoms with Gasteiger partial charge in [0.05, 0.1) is 0 Å². The lowest BCUT2D eigenvalue weighted by Gasteiger charge is -1.92. The van der Waals surface area contributed by atoms with Gasteiger partial charge in [-0.05, 0) is 35.8 Å². The second-order valence-electron chi connectivity index (χ2n) is 3.94. The highest BCUT2D eigenvalue weighted by atomic mass is 33.1. The Morgan fingerprint density at radius 3 is 1.56 bits per heavy atom. The minimum atomic E-state index is 0.174. The first-order valence-electron chi connectivity index (χ1n) is 6.41. The molecule has 0 N–H and O–H groups in total. The number of ketones is 2. The Balaban J connectivity index is 3.59. The van der Waals surface area contributed by atoms with Crippen molar-refractivity contribution in [3.63, 3.8) is 0 Å². The van der Waals surface area contributed by atoms with Crippen molar-refractivity contribution < 1.29 is 9.59 Å². The van der Waals surface area contributed by atoms with Crippen LogP contribution < -0.4 is 0 Å². The maximum atomic E-state index is 11.3. The largest absolute Gasteiger partial charge is 0.295 e. The molecule has 0 saturated heterocycles. The SMILES string of the molecule is CCCCC(=O)C=CSSC=CC(=O)CCCC. The zero-order valence-corrected chi connectivity index (χ0v) is 12.8. The molecule has 0 aromatic heterocycles. The van der Waals surface area contributed by atoms with Gasteiger partial charge in [-0.3, -0.25) is 9.59 Å². The minimum absolute atomic E-state index is 0.174. The van der Waals surface area contributed by atoms with E-state index in [1.807, 2.05) is 0 Å². The fourth-order valence-corrected chi connectivity index (χ4v) is 2.40. The molecule has 0 aromatic rings. The van der Waals surface area contributed by atoms with E-state index in [0.29, 0.717) is 12.8 Å². The Hall–Kier alpha value is -0.480. The number of unbranched alkanes of at least 4 members (excludes halogenated alkanes) is 2. The van der Waals surface area contributed by atoms with Crippen LogP contribution in [0.4, 0.5) is 0 Å². The third-order valence-corrected chi connectivity index (χ3v) is 3.83. The van der Waals surface area contributed by atoms with Gasteiger partial charge >= 0.3 is 0 Å². The lowest BCUT2D eigenvalue weighted by Crippen LogP contribution is -1.90. The van der Waals surface area contributed by atoms with Crippen LogP contribution in [0.1, 0.15) is 52.4 Å². The molecule has 0 unspecified atom stereocenters. The lowest BCUT2D eigenvalue weighted by molar-refractivity contribution is -0.115. The van der Waals surface area contributed by atoms with E-state index in [4.69, 9.17) is 0 Å². The predicted molar refractivity (Wildman–Crippen MR) is 82.5 cm³/mol. The van der Waals surface area contributed by atoms with Crippen molar-refractivity contribution in [3.8, 4) is 0 Å². The van der Waals surface area contributed by atoms with Gasteiger partial charge in [-0.25, -0.2) is 0 Å². The van der Waals surface area contributed by atoms with Gasteiger partial charge in [-0.1, -0.05) is 48.3 Å². The molecule has 0 aromatic carbocycles. The molecule has 0 fully saturated rings. The molecule has 0 amide bonds. The molecule has 0 rings (SSSR count). The molecular weight excluding hydrogens is 264 g/mol. The first kappa shape index (κ1) is 17.5. The zero-order valence-electron chi connectivity index (χ0n) is 11.2. The van der Waals surface area contributed by atoms with E-state index in [1.54, 1.807) is 23.0 Å². The summed E-state index contributed by atoms with van der Waals surface area (Å²) in [6, 6.07) is 0. The molecule has 0 radical (unpaired) electrons. The fourth-order valence-electron chi connectivity index (χ4n) is 1.14. The van der Waals surface area contributed by atoms with Gasteiger partial charge in [0.15, 0.2) is 11.6 Å². The predicted octanol–water partition coefficient (Wildman–Crippen LogP) is 4.91. The molecule has 0 heterocycles. The average Bonchev–Trinajstić information content (AvgIpc) is 2.37. The molecule has 0 aliphatic heterocycles. The van der Waals surface area contributed by atoms with Crippen LogP contribution in [0.3, 0.4) is 0 Å². The molecule has 18 heavy (non-hydrogen) atoms. The number of hydrogen-bond donors (Lipinski definition) is 0. The van der Waals surface area contributed by atoms with Crippen molar-refractivity contribution in [2.75, 3.05) is 0 Å². The second-order valence-corrected chi connectivity index (χ2v) is 6.02. The summed E-state index contributed by atoms with van der Waals surface area (Å²) in [5.41, 5.74) is 0. The topological polar surface area (TPSA) is 34.1 Å². The van der Waals surface area contributed by atoms with E-state index in [-0.39, 0.29) is 11.6 Å². The van der Waals surface area contributed by atoms with Crippen LogP contribution in [-0.4, -0.2) is 11.6 Å². The Labute approximate surface area is 118 Å². The van der Waals surface area contributed by atoms with Crippen molar-refractivity contribution in [2.24, 2.45) is 0 Å². The summed E-state index contributed by atoms with van der Waals surface area (Å²) in [6.07, 6.45) is 8.47. The molecule has 0 aliphatic carbocycles. The molecule has 0 spiro atoms. The van der Waals surface area contributed by atoms with Gasteiger partial charge in [0, 0.05) is 12.8 Å². The van der Waals surface area contributed by atoms with Crippen molar-refractivity contribution >= 4 is 33.2 Å². The highest BCUT2D eigenvalue weighted by Crippen LogP contribution is 2.23. The summed E-state index contributed by atoms with van der Waals surface area (Å²) in [6.45, 7) is 4.14. The number of carbonyl (C=O) groups is 2. The van der Waals surface area contributed by atoms with Crippen LogP contribution in [-0.2, 0) is 9.59 Å². The number of hydrogen-bond acceptors (Lipinski definition) is 4. The van der Waals surface area contributed by atoms with Crippen LogP contribution in [0.5, 0.6) is 0 Å². The van der Waals surface area contributed by atoms with Crippen molar-refractivity contribution in [2.45, 2.75) is 52.4 Å². The monoisotopic (exact) mass is 286 g/mol.